The van der Waals surface area contributed by atoms with Crippen LogP contribution in [-0.4, -0.2) is 23.9 Å². The van der Waals surface area contributed by atoms with Crippen molar-refractivity contribution in [1.29, 1.82) is 5.26 Å². The Kier molecular flexibility index (Phi) is 4.51. The average Bonchev–Trinajstić information content (AvgIpc) is 2.44. The molecule has 1 aliphatic carbocycles. The SMILES string of the molecule is CC1(C)C(O)CC1Nc1cccc(OCCCC#N)c1. The smallest absolute Gasteiger partial charge is 0.121 e. The summed E-state index contributed by atoms with van der Waals surface area (Å²) in [4.78, 5) is 0. The number of hydrogen-bond acceptors (Lipinski definition) is 4. The molecule has 0 spiro atoms. The van der Waals surface area contributed by atoms with Crippen molar-refractivity contribution < 1.29 is 9.84 Å². The molecule has 0 aliphatic heterocycles. The third kappa shape index (κ3) is 3.23. The van der Waals surface area contributed by atoms with Crippen molar-refractivity contribution in [2.24, 2.45) is 5.41 Å². The minimum absolute atomic E-state index is 0.0936. The molecule has 2 rings (SSSR count). The predicted molar refractivity (Wildman–Crippen MR) is 78.6 cm³/mol. The fourth-order valence-electron chi connectivity index (χ4n) is 2.37. The van der Waals surface area contributed by atoms with E-state index in [1.165, 1.54) is 0 Å². The minimum Gasteiger partial charge on any atom is -0.493 e. The fraction of sp³-hybridized carbons (Fsp3) is 0.562. The molecule has 4 heteroatoms. The van der Waals surface area contributed by atoms with Crippen molar-refractivity contribution >= 4 is 5.69 Å². The third-order valence-electron chi connectivity index (χ3n) is 4.09. The van der Waals surface area contributed by atoms with Gasteiger partial charge in [0.2, 0.25) is 0 Å². The van der Waals surface area contributed by atoms with Gasteiger partial charge in [-0.15, -0.1) is 0 Å². The van der Waals surface area contributed by atoms with Crippen molar-refractivity contribution in [3.63, 3.8) is 0 Å². The maximum atomic E-state index is 9.75. The van der Waals surface area contributed by atoms with Gasteiger partial charge in [0.25, 0.3) is 0 Å². The number of aliphatic hydroxyl groups excluding tert-OH is 1. The number of hydrogen-bond donors (Lipinski definition) is 2. The number of rotatable bonds is 6. The molecule has 1 aromatic rings. The molecular weight excluding hydrogens is 252 g/mol. The van der Waals surface area contributed by atoms with Crippen LogP contribution in [0.4, 0.5) is 5.69 Å². The summed E-state index contributed by atoms with van der Waals surface area (Å²) >= 11 is 0. The molecule has 4 nitrogen and oxygen atoms in total. The number of nitrogens with one attached hydrogen (secondary N) is 1. The highest BCUT2D eigenvalue weighted by molar-refractivity contribution is 5.49. The molecular formula is C16H22N2O2. The molecule has 0 amide bonds. The molecule has 0 radical (unpaired) electrons. The Labute approximate surface area is 120 Å². The normalized spacial score (nSPS) is 23.5. The Bertz CT molecular complexity index is 493. The number of unbranched alkanes of at least 4 members (excludes halogenated alkanes) is 1. The zero-order chi connectivity index (χ0) is 14.6. The van der Waals surface area contributed by atoms with Crippen LogP contribution in [0.3, 0.4) is 0 Å². The third-order valence-corrected chi connectivity index (χ3v) is 4.09. The summed E-state index contributed by atoms with van der Waals surface area (Å²) < 4.78 is 5.61. The monoisotopic (exact) mass is 274 g/mol. The van der Waals surface area contributed by atoms with Crippen LogP contribution < -0.4 is 10.1 Å². The Hall–Kier alpha value is -1.73. The van der Waals surface area contributed by atoms with Gasteiger partial charge in [-0.05, 0) is 25.0 Å². The maximum Gasteiger partial charge on any atom is 0.121 e. The van der Waals surface area contributed by atoms with E-state index in [-0.39, 0.29) is 17.6 Å². The number of benzene rings is 1. The molecule has 2 N–H and O–H groups in total. The summed E-state index contributed by atoms with van der Waals surface area (Å²) in [6.45, 7) is 4.70. The van der Waals surface area contributed by atoms with Gasteiger partial charge in [-0.1, -0.05) is 19.9 Å². The summed E-state index contributed by atoms with van der Waals surface area (Å²) in [5.41, 5.74) is 0.914. The second-order valence-corrected chi connectivity index (χ2v) is 5.91. The molecule has 2 atom stereocenters. The Morgan fingerprint density at radius 3 is 2.95 bits per heavy atom. The number of nitrogens with zero attached hydrogens (tertiary/aromatic N) is 1. The van der Waals surface area contributed by atoms with Gasteiger partial charge in [-0.3, -0.25) is 0 Å². The maximum absolute atomic E-state index is 9.75. The highest BCUT2D eigenvalue weighted by atomic mass is 16.5. The lowest BCUT2D eigenvalue weighted by Gasteiger charge is -2.49. The van der Waals surface area contributed by atoms with Crippen LogP contribution >= 0.6 is 0 Å². The molecule has 1 saturated carbocycles. The van der Waals surface area contributed by atoms with Gasteiger partial charge < -0.3 is 15.2 Å². The zero-order valence-corrected chi connectivity index (χ0v) is 12.1. The van der Waals surface area contributed by atoms with Crippen molar-refractivity contribution in [3.8, 4) is 11.8 Å². The van der Waals surface area contributed by atoms with E-state index in [1.54, 1.807) is 0 Å². The van der Waals surface area contributed by atoms with Crippen LogP contribution in [0.25, 0.3) is 0 Å². The van der Waals surface area contributed by atoms with E-state index in [9.17, 15) is 5.11 Å². The number of ether oxygens (including phenoxy) is 1. The van der Waals surface area contributed by atoms with Crippen LogP contribution in [0, 0.1) is 16.7 Å². The van der Waals surface area contributed by atoms with Crippen molar-refractivity contribution in [3.05, 3.63) is 24.3 Å². The summed E-state index contributed by atoms with van der Waals surface area (Å²) in [5.74, 6) is 0.811. The first-order chi connectivity index (χ1) is 9.54. The second-order valence-electron chi connectivity index (χ2n) is 5.91. The molecule has 0 bridgehead atoms. The van der Waals surface area contributed by atoms with Gasteiger partial charge in [0.1, 0.15) is 5.75 Å². The second kappa shape index (κ2) is 6.15. The highest BCUT2D eigenvalue weighted by Gasteiger charge is 2.47. The van der Waals surface area contributed by atoms with Gasteiger partial charge >= 0.3 is 0 Å². The Morgan fingerprint density at radius 2 is 2.30 bits per heavy atom. The molecule has 2 unspecified atom stereocenters. The first kappa shape index (κ1) is 14.7. The van der Waals surface area contributed by atoms with Gasteiger partial charge in [0.15, 0.2) is 0 Å². The summed E-state index contributed by atoms with van der Waals surface area (Å²) in [7, 11) is 0. The van der Waals surface area contributed by atoms with Crippen molar-refractivity contribution in [2.75, 3.05) is 11.9 Å². The standard InChI is InChI=1S/C16H22N2O2/c1-16(2)14(11-15(16)19)18-12-6-5-7-13(10-12)20-9-4-3-8-17/h5-7,10,14-15,18-19H,3-4,9,11H2,1-2H3. The molecule has 108 valence electrons. The van der Waals surface area contributed by atoms with E-state index >= 15 is 0 Å². The summed E-state index contributed by atoms with van der Waals surface area (Å²) in [6.07, 6.45) is 1.81. The molecule has 1 aliphatic rings. The summed E-state index contributed by atoms with van der Waals surface area (Å²) in [6, 6.07) is 10.2. The number of anilines is 1. The molecule has 1 aromatic carbocycles. The van der Waals surface area contributed by atoms with Gasteiger partial charge in [-0.25, -0.2) is 0 Å². The highest BCUT2D eigenvalue weighted by Crippen LogP contribution is 2.42. The first-order valence-electron chi connectivity index (χ1n) is 7.08. The molecule has 20 heavy (non-hydrogen) atoms. The van der Waals surface area contributed by atoms with E-state index in [0.717, 1.165) is 24.3 Å². The largest absolute Gasteiger partial charge is 0.493 e. The van der Waals surface area contributed by atoms with E-state index < -0.39 is 0 Å². The lowest BCUT2D eigenvalue weighted by atomic mass is 9.64. The average molecular weight is 274 g/mol. The topological polar surface area (TPSA) is 65.3 Å². The van der Waals surface area contributed by atoms with E-state index in [1.807, 2.05) is 24.3 Å². The van der Waals surface area contributed by atoms with Crippen molar-refractivity contribution in [1.82, 2.24) is 0 Å². The van der Waals surface area contributed by atoms with Gasteiger partial charge in [-0.2, -0.15) is 5.26 Å². The molecule has 0 aromatic heterocycles. The van der Waals surface area contributed by atoms with Crippen molar-refractivity contribution in [2.45, 2.75) is 45.3 Å². The van der Waals surface area contributed by atoms with Crippen LogP contribution in [0.5, 0.6) is 5.75 Å². The zero-order valence-electron chi connectivity index (χ0n) is 12.1. The summed E-state index contributed by atoms with van der Waals surface area (Å²) in [5, 5.41) is 21.7. The van der Waals surface area contributed by atoms with Gasteiger partial charge in [0, 0.05) is 29.6 Å². The fourth-order valence-corrected chi connectivity index (χ4v) is 2.37. The number of aliphatic hydroxyl groups is 1. The van der Waals surface area contributed by atoms with Crippen LogP contribution in [0.2, 0.25) is 0 Å². The van der Waals surface area contributed by atoms with E-state index in [0.29, 0.717) is 13.0 Å². The van der Waals surface area contributed by atoms with E-state index in [2.05, 4.69) is 25.2 Å². The van der Waals surface area contributed by atoms with Crippen LogP contribution in [0.15, 0.2) is 24.3 Å². The number of nitriles is 1. The lowest BCUT2D eigenvalue weighted by molar-refractivity contribution is -0.0510. The van der Waals surface area contributed by atoms with Crippen LogP contribution in [-0.2, 0) is 0 Å². The van der Waals surface area contributed by atoms with Gasteiger partial charge in [0.05, 0.1) is 18.8 Å². The minimum atomic E-state index is -0.231. The lowest BCUT2D eigenvalue weighted by Crippen LogP contribution is -2.56. The Balaban J connectivity index is 1.89. The Morgan fingerprint density at radius 1 is 1.50 bits per heavy atom. The van der Waals surface area contributed by atoms with E-state index in [4.69, 9.17) is 10.00 Å². The quantitative estimate of drug-likeness (QED) is 0.783. The molecule has 1 fully saturated rings. The predicted octanol–water partition coefficient (Wildman–Crippen LogP) is 2.94. The molecule has 0 heterocycles. The first-order valence-corrected chi connectivity index (χ1v) is 7.08. The van der Waals surface area contributed by atoms with Crippen LogP contribution in [0.1, 0.15) is 33.1 Å². The molecule has 0 saturated heterocycles.